The fourth-order valence-electron chi connectivity index (χ4n) is 3.12. The van der Waals surface area contributed by atoms with Gasteiger partial charge in [-0.1, -0.05) is 19.9 Å². The van der Waals surface area contributed by atoms with Gasteiger partial charge in [0.2, 0.25) is 0 Å². The standard InChI is InChI=1S/C18H32N4S/c1-4-9-22-10-7-16(8-11-22)21-18(19-3)20-14-15(2)13-17-6-5-12-23-17/h5-6,12,15-16H,4,7-11,13-14H2,1-3H3,(H2,19,20,21). The molecule has 0 spiro atoms. The van der Waals surface area contributed by atoms with E-state index in [1.807, 2.05) is 18.4 Å². The Balaban J connectivity index is 1.67. The minimum absolute atomic E-state index is 0.557. The number of guanidine groups is 1. The molecule has 0 bridgehead atoms. The zero-order valence-corrected chi connectivity index (χ0v) is 15.7. The lowest BCUT2D eigenvalue weighted by Gasteiger charge is -2.33. The van der Waals surface area contributed by atoms with Gasteiger partial charge in [-0.2, -0.15) is 0 Å². The SMILES string of the molecule is CCCN1CCC(NC(=NC)NCC(C)Cc2cccs2)CC1. The number of hydrogen-bond donors (Lipinski definition) is 2. The first-order valence-corrected chi connectivity index (χ1v) is 9.81. The van der Waals surface area contributed by atoms with Gasteiger partial charge < -0.3 is 15.5 Å². The third kappa shape index (κ3) is 6.51. The highest BCUT2D eigenvalue weighted by molar-refractivity contribution is 7.09. The van der Waals surface area contributed by atoms with Crippen molar-refractivity contribution in [3.8, 4) is 0 Å². The highest BCUT2D eigenvalue weighted by Crippen LogP contribution is 2.14. The van der Waals surface area contributed by atoms with Gasteiger partial charge in [0, 0.05) is 37.6 Å². The summed E-state index contributed by atoms with van der Waals surface area (Å²) < 4.78 is 0. The summed E-state index contributed by atoms with van der Waals surface area (Å²) in [5, 5.41) is 9.25. The quantitative estimate of drug-likeness (QED) is 0.594. The molecule has 0 radical (unpaired) electrons. The van der Waals surface area contributed by atoms with Crippen molar-refractivity contribution >= 4 is 17.3 Å². The summed E-state index contributed by atoms with van der Waals surface area (Å²) in [4.78, 5) is 8.42. The minimum atomic E-state index is 0.557. The smallest absolute Gasteiger partial charge is 0.191 e. The number of thiophene rings is 1. The summed E-state index contributed by atoms with van der Waals surface area (Å²) in [5.41, 5.74) is 0. The Labute approximate surface area is 145 Å². The number of rotatable bonds is 7. The molecular formula is C18H32N4S. The Hall–Kier alpha value is -1.07. The van der Waals surface area contributed by atoms with Gasteiger partial charge in [0.05, 0.1) is 0 Å². The van der Waals surface area contributed by atoms with Crippen LogP contribution in [-0.4, -0.2) is 50.1 Å². The van der Waals surface area contributed by atoms with Crippen molar-refractivity contribution in [2.24, 2.45) is 10.9 Å². The number of hydrogen-bond acceptors (Lipinski definition) is 3. The van der Waals surface area contributed by atoms with Crippen LogP contribution in [0.15, 0.2) is 22.5 Å². The summed E-state index contributed by atoms with van der Waals surface area (Å²) in [6, 6.07) is 4.91. The van der Waals surface area contributed by atoms with Crippen molar-refractivity contribution in [3.05, 3.63) is 22.4 Å². The van der Waals surface area contributed by atoms with Crippen LogP contribution in [0.1, 0.15) is 38.0 Å². The number of nitrogens with zero attached hydrogens (tertiary/aromatic N) is 2. The zero-order valence-electron chi connectivity index (χ0n) is 14.8. The van der Waals surface area contributed by atoms with E-state index in [1.54, 1.807) is 0 Å². The molecular weight excluding hydrogens is 304 g/mol. The first-order valence-electron chi connectivity index (χ1n) is 8.93. The van der Waals surface area contributed by atoms with Crippen LogP contribution in [0.5, 0.6) is 0 Å². The topological polar surface area (TPSA) is 39.7 Å². The van der Waals surface area contributed by atoms with E-state index in [1.165, 1.54) is 43.8 Å². The highest BCUT2D eigenvalue weighted by atomic mass is 32.1. The second-order valence-corrected chi connectivity index (χ2v) is 7.63. The molecule has 0 saturated carbocycles. The van der Waals surface area contributed by atoms with E-state index < -0.39 is 0 Å². The number of nitrogens with one attached hydrogen (secondary N) is 2. The molecule has 4 nitrogen and oxygen atoms in total. The predicted octanol–water partition coefficient (Wildman–Crippen LogP) is 2.97. The van der Waals surface area contributed by atoms with Gasteiger partial charge in [-0.15, -0.1) is 11.3 Å². The molecule has 1 aromatic rings. The number of piperidine rings is 1. The lowest BCUT2D eigenvalue weighted by Crippen LogP contribution is -2.49. The minimum Gasteiger partial charge on any atom is -0.356 e. The van der Waals surface area contributed by atoms with Crippen LogP contribution in [0.25, 0.3) is 0 Å². The van der Waals surface area contributed by atoms with Crippen LogP contribution < -0.4 is 10.6 Å². The van der Waals surface area contributed by atoms with Crippen LogP contribution in [0.2, 0.25) is 0 Å². The van der Waals surface area contributed by atoms with Gasteiger partial charge in [-0.3, -0.25) is 4.99 Å². The van der Waals surface area contributed by atoms with E-state index in [0.29, 0.717) is 12.0 Å². The summed E-state index contributed by atoms with van der Waals surface area (Å²) in [6.07, 6.45) is 4.82. The van der Waals surface area contributed by atoms with Crippen molar-refractivity contribution in [1.82, 2.24) is 15.5 Å². The van der Waals surface area contributed by atoms with Crippen molar-refractivity contribution in [2.75, 3.05) is 33.2 Å². The maximum Gasteiger partial charge on any atom is 0.191 e. The van der Waals surface area contributed by atoms with E-state index in [9.17, 15) is 0 Å². The van der Waals surface area contributed by atoms with Crippen LogP contribution in [0.3, 0.4) is 0 Å². The maximum absolute atomic E-state index is 4.39. The molecule has 1 unspecified atom stereocenters. The van der Waals surface area contributed by atoms with E-state index >= 15 is 0 Å². The normalized spacial score (nSPS) is 18.8. The molecule has 0 aliphatic carbocycles. The molecule has 1 atom stereocenters. The van der Waals surface area contributed by atoms with E-state index in [4.69, 9.17) is 0 Å². The summed E-state index contributed by atoms with van der Waals surface area (Å²) in [7, 11) is 1.87. The number of aliphatic imine (C=N–C) groups is 1. The van der Waals surface area contributed by atoms with E-state index in [0.717, 1.165) is 18.9 Å². The van der Waals surface area contributed by atoms with Gasteiger partial charge >= 0.3 is 0 Å². The molecule has 0 amide bonds. The lowest BCUT2D eigenvalue weighted by molar-refractivity contribution is 0.206. The first kappa shape index (κ1) is 18.3. The third-order valence-corrected chi connectivity index (χ3v) is 5.34. The molecule has 1 aliphatic rings. The third-order valence-electron chi connectivity index (χ3n) is 4.44. The van der Waals surface area contributed by atoms with Crippen molar-refractivity contribution in [2.45, 2.75) is 45.6 Å². The maximum atomic E-state index is 4.39. The molecule has 23 heavy (non-hydrogen) atoms. The number of likely N-dealkylation sites (tertiary alicyclic amines) is 1. The van der Waals surface area contributed by atoms with Crippen molar-refractivity contribution in [3.63, 3.8) is 0 Å². The fourth-order valence-corrected chi connectivity index (χ4v) is 3.99. The summed E-state index contributed by atoms with van der Waals surface area (Å²) >= 11 is 1.85. The molecule has 1 aromatic heterocycles. The Morgan fingerprint density at radius 3 is 2.83 bits per heavy atom. The van der Waals surface area contributed by atoms with Gasteiger partial charge in [0.15, 0.2) is 5.96 Å². The molecule has 2 heterocycles. The van der Waals surface area contributed by atoms with Crippen LogP contribution in [0, 0.1) is 5.92 Å². The molecule has 5 heteroatoms. The second-order valence-electron chi connectivity index (χ2n) is 6.60. The molecule has 130 valence electrons. The highest BCUT2D eigenvalue weighted by Gasteiger charge is 2.19. The Kier molecular flexibility index (Phi) is 7.89. The lowest BCUT2D eigenvalue weighted by atomic mass is 10.0. The van der Waals surface area contributed by atoms with Gasteiger partial charge in [-0.05, 0) is 49.6 Å². The first-order chi connectivity index (χ1) is 11.2. The van der Waals surface area contributed by atoms with E-state index in [2.05, 4.69) is 51.9 Å². The molecule has 0 aromatic carbocycles. The van der Waals surface area contributed by atoms with Crippen LogP contribution in [-0.2, 0) is 6.42 Å². The average Bonchev–Trinajstić information content (AvgIpc) is 3.06. The van der Waals surface area contributed by atoms with Gasteiger partial charge in [0.1, 0.15) is 0 Å². The van der Waals surface area contributed by atoms with Crippen LogP contribution in [0.4, 0.5) is 0 Å². The van der Waals surface area contributed by atoms with Crippen molar-refractivity contribution in [1.29, 1.82) is 0 Å². The van der Waals surface area contributed by atoms with Crippen molar-refractivity contribution < 1.29 is 0 Å². The summed E-state index contributed by atoms with van der Waals surface area (Å²) in [6.45, 7) is 9.16. The molecule has 1 aliphatic heterocycles. The van der Waals surface area contributed by atoms with Gasteiger partial charge in [-0.25, -0.2) is 0 Å². The summed E-state index contributed by atoms with van der Waals surface area (Å²) in [5.74, 6) is 1.57. The second kappa shape index (κ2) is 9.93. The Morgan fingerprint density at radius 2 is 2.22 bits per heavy atom. The zero-order chi connectivity index (χ0) is 16.5. The van der Waals surface area contributed by atoms with Crippen LogP contribution >= 0.6 is 11.3 Å². The predicted molar refractivity (Wildman–Crippen MR) is 101 cm³/mol. The molecule has 1 fully saturated rings. The molecule has 2 N–H and O–H groups in total. The Bertz CT molecular complexity index is 450. The fraction of sp³-hybridized carbons (Fsp3) is 0.722. The Morgan fingerprint density at radius 1 is 1.43 bits per heavy atom. The average molecular weight is 337 g/mol. The van der Waals surface area contributed by atoms with E-state index in [-0.39, 0.29) is 0 Å². The van der Waals surface area contributed by atoms with Gasteiger partial charge in [0.25, 0.3) is 0 Å². The molecule has 2 rings (SSSR count). The largest absolute Gasteiger partial charge is 0.356 e. The molecule has 1 saturated heterocycles. The monoisotopic (exact) mass is 336 g/mol.